The van der Waals surface area contributed by atoms with Crippen LogP contribution in [0.5, 0.6) is 0 Å². The van der Waals surface area contributed by atoms with E-state index in [1.807, 2.05) is 0 Å². The molecule has 1 fully saturated rings. The van der Waals surface area contributed by atoms with Crippen LogP contribution in [0.3, 0.4) is 0 Å². The lowest BCUT2D eigenvalue weighted by atomic mass is 9.85. The van der Waals surface area contributed by atoms with Crippen molar-refractivity contribution in [1.82, 2.24) is 0 Å². The molecule has 13 heteroatoms. The predicted octanol–water partition coefficient (Wildman–Crippen LogP) is 9.19. The van der Waals surface area contributed by atoms with Gasteiger partial charge in [-0.25, -0.2) is 4.57 Å². The molecule has 0 aromatic rings. The van der Waals surface area contributed by atoms with Gasteiger partial charge in [0.1, 0.15) is 42.7 Å². The molecule has 0 spiro atoms. The zero-order chi connectivity index (χ0) is 44.1. The predicted molar refractivity (Wildman–Crippen MR) is 239 cm³/mol. The molecule has 1 aliphatic rings. The van der Waals surface area contributed by atoms with Gasteiger partial charge in [0.05, 0.1) is 13.2 Å². The fraction of sp³-hybridized carbons (Fsp3) is 0.723. The smallest absolute Gasteiger partial charge is 0.457 e. The lowest BCUT2D eigenvalue weighted by Crippen LogP contribution is -2.64. The fourth-order valence-corrected chi connectivity index (χ4v) is 7.42. The summed E-state index contributed by atoms with van der Waals surface area (Å²) in [4.78, 5) is 23.1. The number of aliphatic hydroxyl groups excluding tert-OH is 5. The molecule has 346 valence electrons. The fourth-order valence-electron chi connectivity index (χ4n) is 6.45. The third-order valence-electron chi connectivity index (χ3n) is 10.1. The van der Waals surface area contributed by atoms with E-state index in [1.54, 1.807) is 0 Å². The Morgan fingerprint density at radius 2 is 0.983 bits per heavy atom. The highest BCUT2D eigenvalue weighted by atomic mass is 31.2. The zero-order valence-corrected chi connectivity index (χ0v) is 37.6. The Bertz CT molecular complexity index is 1260. The molecule has 0 amide bonds. The first-order valence-electron chi connectivity index (χ1n) is 22.8. The summed E-state index contributed by atoms with van der Waals surface area (Å²) < 4.78 is 34.1. The van der Waals surface area contributed by atoms with E-state index in [0.717, 1.165) is 64.2 Å². The van der Waals surface area contributed by atoms with E-state index >= 15 is 0 Å². The minimum atomic E-state index is -5.04. The van der Waals surface area contributed by atoms with E-state index in [4.69, 9.17) is 18.5 Å². The molecule has 0 radical (unpaired) electrons. The number of allylic oxidation sites excluding steroid dienone is 12. The van der Waals surface area contributed by atoms with Crippen LogP contribution >= 0.6 is 7.82 Å². The van der Waals surface area contributed by atoms with Crippen molar-refractivity contribution >= 4 is 13.8 Å². The van der Waals surface area contributed by atoms with Crippen molar-refractivity contribution < 1.29 is 58.3 Å². The van der Waals surface area contributed by atoms with Gasteiger partial charge >= 0.3 is 13.8 Å². The van der Waals surface area contributed by atoms with Gasteiger partial charge in [-0.2, -0.15) is 0 Å². The number of esters is 1. The second-order valence-corrected chi connectivity index (χ2v) is 16.9. The number of phosphoric ester groups is 1. The van der Waals surface area contributed by atoms with Gasteiger partial charge < -0.3 is 39.9 Å². The summed E-state index contributed by atoms with van der Waals surface area (Å²) >= 11 is 0. The number of hydrogen-bond acceptors (Lipinski definition) is 11. The van der Waals surface area contributed by atoms with E-state index in [1.165, 1.54) is 57.8 Å². The van der Waals surface area contributed by atoms with Crippen LogP contribution in [0.25, 0.3) is 0 Å². The van der Waals surface area contributed by atoms with Gasteiger partial charge in [0.25, 0.3) is 0 Å². The number of ether oxygens (including phenoxy) is 2. The highest BCUT2D eigenvalue weighted by Gasteiger charge is 2.51. The van der Waals surface area contributed by atoms with Gasteiger partial charge in [0.2, 0.25) is 0 Å². The SMILES string of the molecule is CC/C=C\C/C=C\C/C=C\C/C=C\CCCOCC(COP(=O)(O)OC1C(O)C(O)C(O)C(O)C1O)OC(=O)CCCCCCCCCCC/C=C\C/C=C\CCCCC. The first-order valence-corrected chi connectivity index (χ1v) is 24.3. The van der Waals surface area contributed by atoms with Crippen molar-refractivity contribution in [3.8, 4) is 0 Å². The Morgan fingerprint density at radius 1 is 0.550 bits per heavy atom. The maximum Gasteiger partial charge on any atom is 0.472 e. The largest absolute Gasteiger partial charge is 0.472 e. The third-order valence-corrected chi connectivity index (χ3v) is 11.0. The number of carbonyl (C=O) groups is 1. The molecular weight excluding hydrogens is 787 g/mol. The Labute approximate surface area is 361 Å². The summed E-state index contributed by atoms with van der Waals surface area (Å²) in [5.41, 5.74) is 0. The molecule has 12 nitrogen and oxygen atoms in total. The van der Waals surface area contributed by atoms with Gasteiger partial charge in [-0.3, -0.25) is 13.8 Å². The molecule has 0 aliphatic heterocycles. The standard InChI is InChI=1S/C47H81O12P/c1-3-5-7-9-11-13-15-17-19-20-21-22-23-24-26-28-30-32-34-36-41(48)58-40(38-56-37-35-33-31-29-27-25-18-16-14-12-10-8-6-4-2)39-57-60(54,55)59-47-45(52)43(50)42(49)44(51)46(47)53/h6,8,11-14,17-19,25,29,31,40,42-47,49-53H,3-5,7,9-10,15-16,20-24,26-28,30,32-39H2,1-2H3,(H,54,55)/b8-6-,13-11-,14-12-,19-17-,25-18-,31-29-. The van der Waals surface area contributed by atoms with E-state index in [2.05, 4.69) is 86.8 Å². The summed E-state index contributed by atoms with van der Waals surface area (Å²) in [7, 11) is -5.04. The van der Waals surface area contributed by atoms with Crippen molar-refractivity contribution in [2.45, 2.75) is 198 Å². The van der Waals surface area contributed by atoms with E-state index in [-0.39, 0.29) is 13.0 Å². The van der Waals surface area contributed by atoms with Crippen molar-refractivity contribution in [3.05, 3.63) is 72.9 Å². The minimum absolute atomic E-state index is 0.120. The van der Waals surface area contributed by atoms with Crippen molar-refractivity contribution in [2.75, 3.05) is 19.8 Å². The maximum atomic E-state index is 12.8. The topological polar surface area (TPSA) is 192 Å². The Balaban J connectivity index is 2.43. The number of hydrogen-bond donors (Lipinski definition) is 6. The van der Waals surface area contributed by atoms with Gasteiger partial charge in [0, 0.05) is 13.0 Å². The second kappa shape index (κ2) is 37.3. The lowest BCUT2D eigenvalue weighted by Gasteiger charge is -2.41. The van der Waals surface area contributed by atoms with Crippen LogP contribution in [0.4, 0.5) is 0 Å². The molecule has 1 aliphatic carbocycles. The molecule has 6 unspecified atom stereocenters. The van der Waals surface area contributed by atoms with E-state index < -0.39 is 63.1 Å². The van der Waals surface area contributed by atoms with Crippen molar-refractivity contribution in [3.63, 3.8) is 0 Å². The number of carbonyl (C=O) groups excluding carboxylic acids is 1. The van der Waals surface area contributed by atoms with Crippen molar-refractivity contribution in [1.29, 1.82) is 0 Å². The quantitative estimate of drug-likeness (QED) is 0.0150. The molecule has 6 N–H and O–H groups in total. The highest BCUT2D eigenvalue weighted by Crippen LogP contribution is 2.47. The Hall–Kier alpha value is -2.22. The minimum Gasteiger partial charge on any atom is -0.457 e. The molecule has 0 saturated heterocycles. The third kappa shape index (κ3) is 29.1. The molecule has 60 heavy (non-hydrogen) atoms. The van der Waals surface area contributed by atoms with Crippen LogP contribution in [0.1, 0.15) is 155 Å². The molecule has 0 heterocycles. The molecule has 1 saturated carbocycles. The van der Waals surface area contributed by atoms with Crippen LogP contribution < -0.4 is 0 Å². The first kappa shape index (κ1) is 55.8. The lowest BCUT2D eigenvalue weighted by molar-refractivity contribution is -0.220. The average Bonchev–Trinajstić information content (AvgIpc) is 3.23. The molecular formula is C47H81O12P. The van der Waals surface area contributed by atoms with Crippen LogP contribution in [0.2, 0.25) is 0 Å². The number of phosphoric acid groups is 1. The summed E-state index contributed by atoms with van der Waals surface area (Å²) in [6.45, 7) is 3.96. The first-order chi connectivity index (χ1) is 29.0. The molecule has 1 rings (SSSR count). The van der Waals surface area contributed by atoms with Crippen molar-refractivity contribution in [2.24, 2.45) is 0 Å². The molecule has 0 aromatic carbocycles. The summed E-state index contributed by atoms with van der Waals surface area (Å²) in [6, 6.07) is 0. The molecule has 0 bridgehead atoms. The molecule has 0 aromatic heterocycles. The Kier molecular flexibility index (Phi) is 34.7. The second-order valence-electron chi connectivity index (χ2n) is 15.5. The van der Waals surface area contributed by atoms with Crippen LogP contribution in [-0.4, -0.2) is 98.9 Å². The normalized spacial score (nSPS) is 23.0. The zero-order valence-electron chi connectivity index (χ0n) is 36.7. The summed E-state index contributed by atoms with van der Waals surface area (Å²) in [5.74, 6) is -0.504. The molecule has 6 atom stereocenters. The monoisotopic (exact) mass is 869 g/mol. The number of rotatable bonds is 37. The van der Waals surface area contributed by atoms with Crippen LogP contribution in [-0.2, 0) is 27.9 Å². The Morgan fingerprint density at radius 3 is 1.50 bits per heavy atom. The van der Waals surface area contributed by atoms with E-state index in [9.17, 15) is 39.8 Å². The highest BCUT2D eigenvalue weighted by molar-refractivity contribution is 7.47. The van der Waals surface area contributed by atoms with Crippen LogP contribution in [0.15, 0.2) is 72.9 Å². The number of unbranched alkanes of at least 4 members (excludes halogenated alkanes) is 13. The van der Waals surface area contributed by atoms with E-state index in [0.29, 0.717) is 19.4 Å². The van der Waals surface area contributed by atoms with Gasteiger partial charge in [-0.1, -0.05) is 145 Å². The maximum absolute atomic E-state index is 12.8. The van der Waals surface area contributed by atoms with Crippen LogP contribution in [0, 0.1) is 0 Å². The summed E-state index contributed by atoms with van der Waals surface area (Å²) in [5, 5.41) is 50.1. The number of aliphatic hydroxyl groups is 5. The van der Waals surface area contributed by atoms with Gasteiger partial charge in [-0.15, -0.1) is 0 Å². The van der Waals surface area contributed by atoms with Gasteiger partial charge in [-0.05, 0) is 77.0 Å². The summed E-state index contributed by atoms with van der Waals surface area (Å²) in [6.07, 6.45) is 35.5. The average molecular weight is 869 g/mol. The van der Waals surface area contributed by atoms with Gasteiger partial charge in [0.15, 0.2) is 0 Å².